The Labute approximate surface area is 142 Å². The van der Waals surface area contributed by atoms with Crippen molar-refractivity contribution in [3.05, 3.63) is 48.3 Å². The van der Waals surface area contributed by atoms with Gasteiger partial charge in [0.2, 0.25) is 0 Å². The monoisotopic (exact) mass is 318 g/mol. The number of nitrogen functional groups attached to an aromatic ring is 1. The van der Waals surface area contributed by atoms with Gasteiger partial charge in [-0.15, -0.1) is 0 Å². The summed E-state index contributed by atoms with van der Waals surface area (Å²) >= 11 is 0. The molecule has 2 aromatic carbocycles. The average molecular weight is 318 g/mol. The number of hydrogen-bond donors (Lipinski definition) is 1. The Morgan fingerprint density at radius 1 is 0.917 bits per heavy atom. The first-order valence-corrected chi connectivity index (χ1v) is 8.60. The van der Waals surface area contributed by atoms with E-state index >= 15 is 0 Å². The molecule has 0 amide bonds. The fourth-order valence-electron chi connectivity index (χ4n) is 3.47. The summed E-state index contributed by atoms with van der Waals surface area (Å²) in [5, 5.41) is 1.13. The van der Waals surface area contributed by atoms with E-state index in [2.05, 4.69) is 34.1 Å². The Bertz CT molecular complexity index is 882. The molecule has 4 nitrogen and oxygen atoms in total. The Kier molecular flexibility index (Phi) is 3.81. The van der Waals surface area contributed by atoms with Gasteiger partial charge in [-0.1, -0.05) is 18.2 Å². The van der Waals surface area contributed by atoms with Crippen LogP contribution in [0.4, 0.5) is 11.5 Å². The van der Waals surface area contributed by atoms with E-state index in [-0.39, 0.29) is 0 Å². The molecule has 0 aliphatic carbocycles. The van der Waals surface area contributed by atoms with E-state index in [0.29, 0.717) is 0 Å². The van der Waals surface area contributed by atoms with Crippen molar-refractivity contribution in [2.75, 3.05) is 23.7 Å². The van der Waals surface area contributed by atoms with Crippen molar-refractivity contribution in [2.24, 2.45) is 0 Å². The number of nitrogens with zero attached hydrogens (tertiary/aromatic N) is 3. The standard InChI is InChI=1S/C20H22N4/c1-14-22-19-13-16(15-6-5-7-17(21)12-15)8-9-18(19)20(23-14)24-10-3-2-4-11-24/h5-9,12-13H,2-4,10-11,21H2,1H3. The highest BCUT2D eigenvalue weighted by Crippen LogP contribution is 2.30. The summed E-state index contributed by atoms with van der Waals surface area (Å²) in [6.07, 6.45) is 3.80. The van der Waals surface area contributed by atoms with Crippen LogP contribution >= 0.6 is 0 Å². The zero-order valence-corrected chi connectivity index (χ0v) is 14.0. The molecule has 4 heteroatoms. The van der Waals surface area contributed by atoms with E-state index in [9.17, 15) is 0 Å². The highest BCUT2D eigenvalue weighted by Gasteiger charge is 2.16. The van der Waals surface area contributed by atoms with Gasteiger partial charge in [-0.3, -0.25) is 0 Å². The SMILES string of the molecule is Cc1nc(N2CCCCC2)c2ccc(-c3cccc(N)c3)cc2n1. The minimum atomic E-state index is 0.778. The number of aromatic nitrogens is 2. The van der Waals surface area contributed by atoms with Gasteiger partial charge in [0.1, 0.15) is 11.6 Å². The van der Waals surface area contributed by atoms with Gasteiger partial charge in [0.25, 0.3) is 0 Å². The third-order valence-electron chi connectivity index (χ3n) is 4.66. The van der Waals surface area contributed by atoms with Crippen LogP contribution in [-0.2, 0) is 0 Å². The molecule has 0 unspecified atom stereocenters. The fraction of sp³-hybridized carbons (Fsp3) is 0.300. The van der Waals surface area contributed by atoms with Crippen molar-refractivity contribution in [1.82, 2.24) is 9.97 Å². The lowest BCUT2D eigenvalue weighted by Gasteiger charge is -2.28. The summed E-state index contributed by atoms with van der Waals surface area (Å²) in [7, 11) is 0. The van der Waals surface area contributed by atoms with Gasteiger partial charge in [0, 0.05) is 24.2 Å². The van der Waals surface area contributed by atoms with Crippen LogP contribution in [0.5, 0.6) is 0 Å². The molecule has 2 N–H and O–H groups in total. The van der Waals surface area contributed by atoms with Crippen LogP contribution in [0.25, 0.3) is 22.0 Å². The van der Waals surface area contributed by atoms with Crippen LogP contribution in [-0.4, -0.2) is 23.1 Å². The first kappa shape index (κ1) is 14.9. The quantitative estimate of drug-likeness (QED) is 0.720. The summed E-state index contributed by atoms with van der Waals surface area (Å²) in [6, 6.07) is 14.4. The molecule has 1 aromatic heterocycles. The molecule has 1 aliphatic heterocycles. The molecule has 0 saturated carbocycles. The van der Waals surface area contributed by atoms with E-state index in [1.807, 2.05) is 25.1 Å². The van der Waals surface area contributed by atoms with Gasteiger partial charge in [0.05, 0.1) is 5.52 Å². The highest BCUT2D eigenvalue weighted by atomic mass is 15.2. The number of nitrogens with two attached hydrogens (primary N) is 1. The van der Waals surface area contributed by atoms with Crippen molar-refractivity contribution < 1.29 is 0 Å². The van der Waals surface area contributed by atoms with E-state index < -0.39 is 0 Å². The van der Waals surface area contributed by atoms with Crippen LogP contribution in [0.3, 0.4) is 0 Å². The number of benzene rings is 2. The molecule has 4 rings (SSSR count). The number of hydrogen-bond acceptors (Lipinski definition) is 4. The molecular weight excluding hydrogens is 296 g/mol. The van der Waals surface area contributed by atoms with E-state index in [1.165, 1.54) is 19.3 Å². The predicted molar refractivity (Wildman–Crippen MR) is 100 cm³/mol. The van der Waals surface area contributed by atoms with Crippen molar-refractivity contribution in [2.45, 2.75) is 26.2 Å². The molecule has 0 atom stereocenters. The minimum absolute atomic E-state index is 0.778. The molecule has 1 aliphatic rings. The molecule has 1 saturated heterocycles. The van der Waals surface area contributed by atoms with Gasteiger partial charge >= 0.3 is 0 Å². The Hall–Kier alpha value is -2.62. The Morgan fingerprint density at radius 3 is 2.50 bits per heavy atom. The van der Waals surface area contributed by atoms with Gasteiger partial charge < -0.3 is 10.6 Å². The summed E-state index contributed by atoms with van der Waals surface area (Å²) in [5.74, 6) is 1.91. The summed E-state index contributed by atoms with van der Waals surface area (Å²) in [4.78, 5) is 11.8. The van der Waals surface area contributed by atoms with Gasteiger partial charge in [-0.2, -0.15) is 0 Å². The maximum absolute atomic E-state index is 5.92. The van der Waals surface area contributed by atoms with Crippen molar-refractivity contribution in [3.8, 4) is 11.1 Å². The third kappa shape index (κ3) is 2.80. The van der Waals surface area contributed by atoms with E-state index in [1.54, 1.807) is 0 Å². The second-order valence-corrected chi connectivity index (χ2v) is 6.50. The third-order valence-corrected chi connectivity index (χ3v) is 4.66. The number of aryl methyl sites for hydroxylation is 1. The molecule has 24 heavy (non-hydrogen) atoms. The lowest BCUT2D eigenvalue weighted by Crippen LogP contribution is -2.30. The van der Waals surface area contributed by atoms with Crippen LogP contribution in [0.15, 0.2) is 42.5 Å². The van der Waals surface area contributed by atoms with Gasteiger partial charge in [-0.05, 0) is 61.6 Å². The Balaban J connectivity index is 1.82. The summed E-state index contributed by atoms with van der Waals surface area (Å²) < 4.78 is 0. The van der Waals surface area contributed by atoms with Crippen molar-refractivity contribution in [1.29, 1.82) is 0 Å². The molecule has 0 spiro atoms. The normalized spacial score (nSPS) is 15.0. The highest BCUT2D eigenvalue weighted by molar-refractivity contribution is 5.92. The van der Waals surface area contributed by atoms with Crippen LogP contribution in [0.2, 0.25) is 0 Å². The summed E-state index contributed by atoms with van der Waals surface area (Å²) in [5.41, 5.74) is 9.96. The lowest BCUT2D eigenvalue weighted by molar-refractivity contribution is 0.574. The molecule has 0 bridgehead atoms. The van der Waals surface area contributed by atoms with Gasteiger partial charge in [0.15, 0.2) is 0 Å². The zero-order valence-electron chi connectivity index (χ0n) is 14.0. The second kappa shape index (κ2) is 6.11. The fourth-order valence-corrected chi connectivity index (χ4v) is 3.47. The maximum Gasteiger partial charge on any atom is 0.140 e. The Morgan fingerprint density at radius 2 is 1.71 bits per heavy atom. The van der Waals surface area contributed by atoms with Gasteiger partial charge in [-0.25, -0.2) is 9.97 Å². The number of rotatable bonds is 2. The number of anilines is 2. The van der Waals surface area contributed by atoms with Crippen LogP contribution in [0.1, 0.15) is 25.1 Å². The largest absolute Gasteiger partial charge is 0.399 e. The first-order valence-electron chi connectivity index (χ1n) is 8.60. The number of piperidine rings is 1. The molecule has 122 valence electrons. The zero-order chi connectivity index (χ0) is 16.5. The van der Waals surface area contributed by atoms with E-state index in [4.69, 9.17) is 10.7 Å². The van der Waals surface area contributed by atoms with Crippen LogP contribution < -0.4 is 10.6 Å². The smallest absolute Gasteiger partial charge is 0.140 e. The summed E-state index contributed by atoms with van der Waals surface area (Å²) in [6.45, 7) is 4.14. The molecule has 2 heterocycles. The van der Waals surface area contributed by atoms with Crippen molar-refractivity contribution in [3.63, 3.8) is 0 Å². The second-order valence-electron chi connectivity index (χ2n) is 6.50. The number of fused-ring (bicyclic) bond motifs is 1. The predicted octanol–water partition coefficient (Wildman–Crippen LogP) is 4.18. The average Bonchev–Trinajstić information content (AvgIpc) is 2.61. The topological polar surface area (TPSA) is 55.0 Å². The molecule has 3 aromatic rings. The van der Waals surface area contributed by atoms with Crippen molar-refractivity contribution >= 4 is 22.4 Å². The molecule has 0 radical (unpaired) electrons. The van der Waals surface area contributed by atoms with E-state index in [0.717, 1.165) is 52.4 Å². The molecular formula is C20H22N4. The molecule has 1 fully saturated rings. The van der Waals surface area contributed by atoms with Crippen LogP contribution in [0, 0.1) is 6.92 Å². The lowest BCUT2D eigenvalue weighted by atomic mass is 10.0. The minimum Gasteiger partial charge on any atom is -0.399 e. The first-order chi connectivity index (χ1) is 11.7. The maximum atomic E-state index is 5.92.